The van der Waals surface area contributed by atoms with Gasteiger partial charge < -0.3 is 24.6 Å². The highest BCUT2D eigenvalue weighted by Crippen LogP contribution is 2.25. The van der Waals surface area contributed by atoms with Gasteiger partial charge in [-0.15, -0.1) is 0 Å². The second kappa shape index (κ2) is 11.9. The SMILES string of the molecule is Cc1cc(C(=O)N2CC[C@@H]3OCc4cccc(c4)Oc4cccc(c4)CCC(=O)N(C)CC(=O)N[C@@H]3C2)nn1C. The number of carbonyl (C=O) groups is 3. The number of hydrogen-bond acceptors (Lipinski definition) is 6. The Morgan fingerprint density at radius 2 is 1.73 bits per heavy atom. The third kappa shape index (κ3) is 6.51. The minimum absolute atomic E-state index is 0.0827. The highest BCUT2D eigenvalue weighted by Gasteiger charge is 2.34. The molecule has 210 valence electrons. The van der Waals surface area contributed by atoms with Crippen LogP contribution in [0.15, 0.2) is 54.6 Å². The highest BCUT2D eigenvalue weighted by molar-refractivity contribution is 5.92. The van der Waals surface area contributed by atoms with Crippen LogP contribution in [0.1, 0.15) is 40.2 Å². The molecule has 1 saturated heterocycles. The van der Waals surface area contributed by atoms with Crippen molar-refractivity contribution in [1.82, 2.24) is 24.9 Å². The minimum Gasteiger partial charge on any atom is -0.457 e. The Kier molecular flexibility index (Phi) is 8.16. The molecule has 2 aliphatic heterocycles. The van der Waals surface area contributed by atoms with Gasteiger partial charge in [-0.1, -0.05) is 24.3 Å². The topological polar surface area (TPSA) is 106 Å². The molecule has 3 heterocycles. The van der Waals surface area contributed by atoms with Crippen molar-refractivity contribution >= 4 is 17.7 Å². The Labute approximate surface area is 233 Å². The van der Waals surface area contributed by atoms with Gasteiger partial charge in [-0.05, 0) is 61.2 Å². The number of carbonyl (C=O) groups excluding carboxylic acids is 3. The molecule has 40 heavy (non-hydrogen) atoms. The van der Waals surface area contributed by atoms with Gasteiger partial charge in [0.1, 0.15) is 11.5 Å². The number of likely N-dealkylation sites (tertiary alicyclic amines) is 1. The molecule has 0 saturated carbocycles. The van der Waals surface area contributed by atoms with E-state index in [0.717, 1.165) is 16.8 Å². The normalized spacial score (nSPS) is 20.6. The van der Waals surface area contributed by atoms with Crippen LogP contribution < -0.4 is 10.1 Å². The van der Waals surface area contributed by atoms with Crippen LogP contribution >= 0.6 is 0 Å². The summed E-state index contributed by atoms with van der Waals surface area (Å²) in [5.74, 6) is 0.768. The number of amides is 3. The number of benzene rings is 2. The average Bonchev–Trinajstić information content (AvgIpc) is 3.28. The first kappa shape index (κ1) is 27.4. The van der Waals surface area contributed by atoms with Crippen molar-refractivity contribution in [3.8, 4) is 11.5 Å². The van der Waals surface area contributed by atoms with Gasteiger partial charge in [0.2, 0.25) is 11.8 Å². The number of piperidine rings is 1. The zero-order valence-corrected chi connectivity index (χ0v) is 23.1. The number of hydrogen-bond donors (Lipinski definition) is 1. The van der Waals surface area contributed by atoms with E-state index < -0.39 is 6.04 Å². The first-order chi connectivity index (χ1) is 19.2. The van der Waals surface area contributed by atoms with Crippen molar-refractivity contribution < 1.29 is 23.9 Å². The van der Waals surface area contributed by atoms with Crippen molar-refractivity contribution in [2.45, 2.75) is 44.9 Å². The summed E-state index contributed by atoms with van der Waals surface area (Å²) in [5.41, 5.74) is 3.17. The summed E-state index contributed by atoms with van der Waals surface area (Å²) in [6.07, 6.45) is 1.02. The smallest absolute Gasteiger partial charge is 0.274 e. The van der Waals surface area contributed by atoms with E-state index in [4.69, 9.17) is 9.47 Å². The van der Waals surface area contributed by atoms with Gasteiger partial charge >= 0.3 is 0 Å². The molecule has 5 rings (SSSR count). The number of aryl methyl sites for hydroxylation is 3. The van der Waals surface area contributed by atoms with Crippen LogP contribution in [0, 0.1) is 6.92 Å². The molecule has 1 aromatic heterocycles. The third-order valence-electron chi connectivity index (χ3n) is 7.45. The van der Waals surface area contributed by atoms with E-state index >= 15 is 0 Å². The number of likely N-dealkylation sites (N-methyl/N-ethyl adjacent to an activating group) is 1. The Morgan fingerprint density at radius 3 is 2.45 bits per heavy atom. The number of rotatable bonds is 1. The van der Waals surface area contributed by atoms with Crippen molar-refractivity contribution in [2.24, 2.45) is 7.05 Å². The molecule has 2 aromatic carbocycles. The first-order valence-corrected chi connectivity index (χ1v) is 13.6. The summed E-state index contributed by atoms with van der Waals surface area (Å²) in [4.78, 5) is 42.2. The lowest BCUT2D eigenvalue weighted by Gasteiger charge is -2.38. The van der Waals surface area contributed by atoms with Crippen LogP contribution in [-0.4, -0.2) is 76.1 Å². The molecule has 0 spiro atoms. The summed E-state index contributed by atoms with van der Waals surface area (Å²) >= 11 is 0. The van der Waals surface area contributed by atoms with Crippen molar-refractivity contribution in [2.75, 3.05) is 26.7 Å². The number of ether oxygens (including phenoxy) is 2. The molecular formula is C30H35N5O5. The predicted octanol–water partition coefficient (Wildman–Crippen LogP) is 2.84. The lowest BCUT2D eigenvalue weighted by molar-refractivity contribution is -0.135. The molecule has 1 fully saturated rings. The zero-order chi connectivity index (χ0) is 28.2. The molecule has 3 amide bonds. The summed E-state index contributed by atoms with van der Waals surface area (Å²) in [5, 5.41) is 7.37. The molecule has 0 aliphatic carbocycles. The van der Waals surface area contributed by atoms with E-state index in [0.29, 0.717) is 43.2 Å². The van der Waals surface area contributed by atoms with Crippen molar-refractivity contribution in [3.63, 3.8) is 0 Å². The molecule has 10 heteroatoms. The molecule has 3 aromatic rings. The molecule has 0 unspecified atom stereocenters. The number of nitrogens with one attached hydrogen (secondary N) is 1. The number of nitrogens with zero attached hydrogens (tertiary/aromatic N) is 4. The van der Waals surface area contributed by atoms with Gasteiger partial charge in [0.15, 0.2) is 5.69 Å². The molecule has 0 radical (unpaired) electrons. The Bertz CT molecular complexity index is 1380. The second-order valence-electron chi connectivity index (χ2n) is 10.5. The standard InChI is InChI=1S/C30H35N5O5/c1-20-14-25(32-34(20)3)30(38)35-13-12-27-26(17-35)31-28(36)18-33(2)29(37)11-10-21-6-4-8-23(15-21)40-24-9-5-7-22(16-24)19-39-27/h4-9,14-16,26-27H,10-13,17-19H2,1-3H3,(H,31,36)/t26-,27+/m1/s1. The molecule has 2 aliphatic rings. The number of fused-ring (bicyclic) bond motifs is 5. The van der Waals surface area contributed by atoms with E-state index in [9.17, 15) is 14.4 Å². The average molecular weight is 546 g/mol. The Hall–Kier alpha value is -4.18. The number of aromatic nitrogens is 2. The van der Waals surface area contributed by atoms with Crippen LogP contribution in [0.5, 0.6) is 11.5 Å². The third-order valence-corrected chi connectivity index (χ3v) is 7.45. The van der Waals surface area contributed by atoms with Crippen molar-refractivity contribution in [3.05, 3.63) is 77.1 Å². The molecular weight excluding hydrogens is 510 g/mol. The van der Waals surface area contributed by atoms with E-state index in [1.165, 1.54) is 4.90 Å². The summed E-state index contributed by atoms with van der Waals surface area (Å²) in [6.45, 7) is 2.88. The van der Waals surface area contributed by atoms with Gasteiger partial charge in [-0.2, -0.15) is 5.10 Å². The Morgan fingerprint density at radius 1 is 1.00 bits per heavy atom. The molecule has 10 nitrogen and oxygen atoms in total. The van der Waals surface area contributed by atoms with Gasteiger partial charge in [-0.25, -0.2) is 0 Å². The van der Waals surface area contributed by atoms with Crippen LogP contribution in [0.4, 0.5) is 0 Å². The molecule has 2 atom stereocenters. The fourth-order valence-electron chi connectivity index (χ4n) is 5.08. The maximum atomic E-state index is 13.2. The predicted molar refractivity (Wildman–Crippen MR) is 148 cm³/mol. The molecule has 1 N–H and O–H groups in total. The quantitative estimate of drug-likeness (QED) is 0.504. The van der Waals surface area contributed by atoms with Gasteiger partial charge in [-0.3, -0.25) is 19.1 Å². The lowest BCUT2D eigenvalue weighted by atomic mass is 10.0. The van der Waals surface area contributed by atoms with Crippen molar-refractivity contribution in [1.29, 1.82) is 0 Å². The zero-order valence-electron chi connectivity index (χ0n) is 23.1. The summed E-state index contributed by atoms with van der Waals surface area (Å²) in [6, 6.07) is 16.7. The second-order valence-corrected chi connectivity index (χ2v) is 10.5. The van der Waals surface area contributed by atoms with E-state index in [2.05, 4.69) is 10.4 Å². The summed E-state index contributed by atoms with van der Waals surface area (Å²) < 4.78 is 14.1. The van der Waals surface area contributed by atoms with Crippen LogP contribution in [-0.2, 0) is 34.4 Å². The fraction of sp³-hybridized carbons (Fsp3) is 0.400. The van der Waals surface area contributed by atoms with Gasteiger partial charge in [0, 0.05) is 39.3 Å². The van der Waals surface area contributed by atoms with E-state index in [-0.39, 0.29) is 43.3 Å². The first-order valence-electron chi connectivity index (χ1n) is 13.6. The monoisotopic (exact) mass is 545 g/mol. The molecule has 4 bridgehead atoms. The Balaban J connectivity index is 1.37. The van der Waals surface area contributed by atoms with E-state index in [1.807, 2.05) is 55.5 Å². The largest absolute Gasteiger partial charge is 0.457 e. The summed E-state index contributed by atoms with van der Waals surface area (Å²) in [7, 11) is 3.42. The maximum absolute atomic E-state index is 13.2. The minimum atomic E-state index is -0.448. The maximum Gasteiger partial charge on any atom is 0.274 e. The van der Waals surface area contributed by atoms with Gasteiger partial charge in [0.25, 0.3) is 5.91 Å². The van der Waals surface area contributed by atoms with E-state index in [1.54, 1.807) is 29.7 Å². The highest BCUT2D eigenvalue weighted by atomic mass is 16.5. The lowest BCUT2D eigenvalue weighted by Crippen LogP contribution is -2.58. The van der Waals surface area contributed by atoms with Gasteiger partial charge in [0.05, 0.1) is 25.3 Å². The van der Waals surface area contributed by atoms with Crippen LogP contribution in [0.3, 0.4) is 0 Å². The van der Waals surface area contributed by atoms with Crippen LogP contribution in [0.25, 0.3) is 0 Å². The van der Waals surface area contributed by atoms with Crippen LogP contribution in [0.2, 0.25) is 0 Å². The fourth-order valence-corrected chi connectivity index (χ4v) is 5.08.